The smallest absolute Gasteiger partial charge is 0.255 e. The Bertz CT molecular complexity index is 916. The number of benzene rings is 2. The molecule has 31 heavy (non-hydrogen) atoms. The number of carbonyl (C=O) groups is 1. The zero-order chi connectivity index (χ0) is 21.7. The van der Waals surface area contributed by atoms with E-state index < -0.39 is 0 Å². The Morgan fingerprint density at radius 3 is 2.74 bits per heavy atom. The summed E-state index contributed by atoms with van der Waals surface area (Å²) < 4.78 is 12.3. The number of halogens is 3. The van der Waals surface area contributed by atoms with Crippen LogP contribution in [0.5, 0.6) is 5.75 Å². The van der Waals surface area contributed by atoms with Crippen LogP contribution in [0.3, 0.4) is 0 Å². The van der Waals surface area contributed by atoms with Crippen molar-refractivity contribution in [2.24, 2.45) is 0 Å². The third-order valence-electron chi connectivity index (χ3n) is 5.27. The number of hydrogen-bond acceptors (Lipinski definition) is 4. The molecule has 2 aromatic carbocycles. The SMILES string of the molecule is CCOc1cc(N)c(Cl)cc1C(=O)NCC1C[N+](C)(Cc2ccccc2Cl)CCO1.[I-]. The fraction of sp³-hybridized carbons (Fsp3) is 0.409. The number of likely N-dealkylation sites (N-methyl/N-ethyl adjacent to an activating group) is 1. The van der Waals surface area contributed by atoms with Crippen LogP contribution in [0.1, 0.15) is 22.8 Å². The lowest BCUT2D eigenvalue weighted by atomic mass is 10.1. The Morgan fingerprint density at radius 2 is 2.03 bits per heavy atom. The molecular formula is C22H28Cl2IN3O3. The average Bonchev–Trinajstić information content (AvgIpc) is 2.70. The number of nitrogen functional groups attached to an aromatic ring is 1. The van der Waals surface area contributed by atoms with Crippen molar-refractivity contribution in [2.75, 3.05) is 45.6 Å². The molecule has 1 saturated heterocycles. The zero-order valence-corrected chi connectivity index (χ0v) is 21.3. The molecule has 0 aliphatic carbocycles. The second-order valence-corrected chi connectivity index (χ2v) is 8.60. The summed E-state index contributed by atoms with van der Waals surface area (Å²) in [7, 11) is 2.19. The Morgan fingerprint density at radius 1 is 1.29 bits per heavy atom. The Kier molecular flexibility index (Phi) is 9.69. The van der Waals surface area contributed by atoms with Gasteiger partial charge in [-0.2, -0.15) is 0 Å². The number of ether oxygens (including phenoxy) is 2. The monoisotopic (exact) mass is 579 g/mol. The molecule has 1 heterocycles. The maximum absolute atomic E-state index is 12.8. The lowest BCUT2D eigenvalue weighted by Crippen LogP contribution is -3.00. The highest BCUT2D eigenvalue weighted by molar-refractivity contribution is 6.33. The molecule has 1 aliphatic rings. The molecule has 0 aromatic heterocycles. The van der Waals surface area contributed by atoms with Gasteiger partial charge in [-0.15, -0.1) is 0 Å². The van der Waals surface area contributed by atoms with Crippen molar-refractivity contribution in [3.8, 4) is 5.75 Å². The summed E-state index contributed by atoms with van der Waals surface area (Å²) in [4.78, 5) is 12.8. The lowest BCUT2D eigenvalue weighted by Gasteiger charge is -2.41. The Labute approximate surface area is 210 Å². The van der Waals surface area contributed by atoms with Crippen molar-refractivity contribution < 1.29 is 42.7 Å². The molecule has 0 saturated carbocycles. The zero-order valence-electron chi connectivity index (χ0n) is 17.7. The maximum Gasteiger partial charge on any atom is 0.255 e. The third-order valence-corrected chi connectivity index (χ3v) is 5.97. The molecule has 170 valence electrons. The largest absolute Gasteiger partial charge is 1.00 e. The van der Waals surface area contributed by atoms with E-state index in [9.17, 15) is 4.79 Å². The van der Waals surface area contributed by atoms with Crippen molar-refractivity contribution in [3.63, 3.8) is 0 Å². The standard InChI is InChI=1S/C22H27Cl2N3O3.HI/c1-3-29-21-11-20(25)19(24)10-17(21)22(28)26-12-16-14-27(2,8-9-30-16)13-15-6-4-5-7-18(15)23;/h4-7,10-11,16H,3,8-9,12-14H2,1-2H3,(H2-,25,26,28);1H. The fourth-order valence-electron chi connectivity index (χ4n) is 3.70. The molecule has 0 radical (unpaired) electrons. The molecule has 3 N–H and O–H groups in total. The number of morpholine rings is 1. The van der Waals surface area contributed by atoms with Gasteiger partial charge in [0.05, 0.1) is 36.5 Å². The minimum absolute atomic E-state index is 0. The van der Waals surface area contributed by atoms with E-state index in [1.807, 2.05) is 25.1 Å². The molecular weight excluding hydrogens is 552 g/mol. The van der Waals surface area contributed by atoms with Gasteiger partial charge >= 0.3 is 0 Å². The van der Waals surface area contributed by atoms with Crippen molar-refractivity contribution >= 4 is 34.8 Å². The minimum Gasteiger partial charge on any atom is -1.00 e. The van der Waals surface area contributed by atoms with Crippen molar-refractivity contribution in [1.29, 1.82) is 0 Å². The first-order valence-electron chi connectivity index (χ1n) is 10.00. The van der Waals surface area contributed by atoms with Gasteiger partial charge < -0.3 is 49.0 Å². The van der Waals surface area contributed by atoms with Crippen molar-refractivity contribution in [1.82, 2.24) is 5.32 Å². The van der Waals surface area contributed by atoms with E-state index in [-0.39, 0.29) is 36.0 Å². The van der Waals surface area contributed by atoms with Gasteiger partial charge in [-0.1, -0.05) is 41.4 Å². The van der Waals surface area contributed by atoms with E-state index in [1.54, 1.807) is 6.07 Å². The summed E-state index contributed by atoms with van der Waals surface area (Å²) in [5.74, 6) is 0.149. The number of quaternary nitrogens is 1. The minimum atomic E-state index is -0.269. The Hall–Kier alpha value is -1.26. The van der Waals surface area contributed by atoms with E-state index in [4.69, 9.17) is 38.4 Å². The molecule has 1 aliphatic heterocycles. The van der Waals surface area contributed by atoms with Crippen LogP contribution >= 0.6 is 23.2 Å². The van der Waals surface area contributed by atoms with Crippen LogP contribution < -0.4 is 39.8 Å². The lowest BCUT2D eigenvalue weighted by molar-refractivity contribution is -0.932. The molecule has 2 unspecified atom stereocenters. The summed E-state index contributed by atoms with van der Waals surface area (Å²) in [5, 5.41) is 4.04. The summed E-state index contributed by atoms with van der Waals surface area (Å²) in [6.45, 7) is 5.76. The van der Waals surface area contributed by atoms with Crippen LogP contribution in [0, 0.1) is 0 Å². The summed E-state index contributed by atoms with van der Waals surface area (Å²) >= 11 is 12.5. The molecule has 2 aromatic rings. The third kappa shape index (κ3) is 6.86. The summed E-state index contributed by atoms with van der Waals surface area (Å²) in [6.07, 6.45) is -0.102. The van der Waals surface area contributed by atoms with Gasteiger partial charge in [0, 0.05) is 23.2 Å². The number of nitrogens with two attached hydrogens (primary N) is 1. The average molecular weight is 580 g/mol. The molecule has 1 amide bonds. The number of carbonyl (C=O) groups excluding carboxylic acids is 1. The van der Waals surface area contributed by atoms with Crippen LogP contribution in [0.4, 0.5) is 5.69 Å². The second kappa shape index (κ2) is 11.6. The van der Waals surface area contributed by atoms with Crippen molar-refractivity contribution in [3.05, 3.63) is 57.6 Å². The number of hydrogen-bond donors (Lipinski definition) is 2. The molecule has 3 rings (SSSR count). The normalized spacial score (nSPS) is 20.6. The van der Waals surface area contributed by atoms with Gasteiger partial charge in [-0.25, -0.2) is 0 Å². The van der Waals surface area contributed by atoms with Crippen LogP contribution in [0.2, 0.25) is 10.0 Å². The topological polar surface area (TPSA) is 73.6 Å². The van der Waals surface area contributed by atoms with Crippen LogP contribution in [-0.4, -0.2) is 56.4 Å². The van der Waals surface area contributed by atoms with Crippen molar-refractivity contribution in [2.45, 2.75) is 19.6 Å². The van der Waals surface area contributed by atoms with Crippen LogP contribution in [0.25, 0.3) is 0 Å². The van der Waals surface area contributed by atoms with Gasteiger partial charge in [0.15, 0.2) is 0 Å². The Balaban J connectivity index is 0.00000341. The highest BCUT2D eigenvalue weighted by Crippen LogP contribution is 2.29. The van der Waals surface area contributed by atoms with Crippen LogP contribution in [0.15, 0.2) is 36.4 Å². The maximum atomic E-state index is 12.8. The number of nitrogens with one attached hydrogen (secondary N) is 1. The molecule has 1 fully saturated rings. The fourth-order valence-corrected chi connectivity index (χ4v) is 4.06. The van der Waals surface area contributed by atoms with E-state index in [2.05, 4.69) is 18.4 Å². The van der Waals surface area contributed by atoms with E-state index in [0.717, 1.165) is 34.7 Å². The number of rotatable bonds is 7. The van der Waals surface area contributed by atoms with E-state index >= 15 is 0 Å². The molecule has 9 heteroatoms. The molecule has 6 nitrogen and oxygen atoms in total. The predicted molar refractivity (Wildman–Crippen MR) is 120 cm³/mol. The summed E-state index contributed by atoms with van der Waals surface area (Å²) in [6, 6.07) is 11.0. The van der Waals surface area contributed by atoms with Gasteiger partial charge in [0.1, 0.15) is 31.5 Å². The second-order valence-electron chi connectivity index (χ2n) is 7.78. The predicted octanol–water partition coefficient (Wildman–Crippen LogP) is 0.754. The number of nitrogens with zero attached hydrogens (tertiary/aromatic N) is 1. The van der Waals surface area contributed by atoms with Crippen LogP contribution in [-0.2, 0) is 11.3 Å². The first kappa shape index (κ1) is 26.0. The first-order valence-corrected chi connectivity index (χ1v) is 10.8. The molecule has 0 spiro atoms. The highest BCUT2D eigenvalue weighted by atomic mass is 127. The van der Waals surface area contributed by atoms with Gasteiger partial charge in [0.2, 0.25) is 0 Å². The molecule has 0 bridgehead atoms. The van der Waals surface area contributed by atoms with E-state index in [1.165, 1.54) is 6.07 Å². The summed E-state index contributed by atoms with van der Waals surface area (Å²) in [5.41, 5.74) is 7.69. The first-order chi connectivity index (χ1) is 14.3. The van der Waals surface area contributed by atoms with Gasteiger partial charge in [-0.05, 0) is 19.1 Å². The van der Waals surface area contributed by atoms with Gasteiger partial charge in [0.25, 0.3) is 5.91 Å². The number of anilines is 1. The van der Waals surface area contributed by atoms with Gasteiger partial charge in [-0.3, -0.25) is 4.79 Å². The number of amides is 1. The molecule has 2 atom stereocenters. The quantitative estimate of drug-likeness (QED) is 0.289. The highest BCUT2D eigenvalue weighted by Gasteiger charge is 2.33. The van der Waals surface area contributed by atoms with E-state index in [0.29, 0.717) is 41.8 Å².